The van der Waals surface area contributed by atoms with Gasteiger partial charge in [0.05, 0.1) is 12.2 Å². The minimum absolute atomic E-state index is 0.0990. The van der Waals surface area contributed by atoms with Gasteiger partial charge in [-0.05, 0) is 67.3 Å². The van der Waals surface area contributed by atoms with E-state index in [0.29, 0.717) is 24.3 Å². The van der Waals surface area contributed by atoms with Crippen molar-refractivity contribution in [2.75, 3.05) is 11.9 Å². The summed E-state index contributed by atoms with van der Waals surface area (Å²) in [6, 6.07) is 14.8. The van der Waals surface area contributed by atoms with E-state index in [2.05, 4.69) is 15.3 Å². The summed E-state index contributed by atoms with van der Waals surface area (Å²) in [7, 11) is 0. The Morgan fingerprint density at radius 3 is 2.65 bits per heavy atom. The second-order valence-corrected chi connectivity index (χ2v) is 8.60. The van der Waals surface area contributed by atoms with Crippen molar-refractivity contribution >= 4 is 22.2 Å². The predicted octanol–water partition coefficient (Wildman–Crippen LogP) is 7.43. The topological polar surface area (TPSA) is 47.0 Å². The third-order valence-electron chi connectivity index (χ3n) is 5.04. The van der Waals surface area contributed by atoms with Gasteiger partial charge in [0.2, 0.25) is 5.13 Å². The smallest absolute Gasteiger partial charge is 0.416 e. The number of ether oxygens (including phenoxy) is 1. The van der Waals surface area contributed by atoms with E-state index in [1.807, 2.05) is 31.2 Å². The Labute approximate surface area is 198 Å². The second-order valence-electron chi connectivity index (χ2n) is 7.65. The van der Waals surface area contributed by atoms with Crippen LogP contribution in [0.3, 0.4) is 0 Å². The summed E-state index contributed by atoms with van der Waals surface area (Å²) in [5.41, 5.74) is 1.25. The maximum atomic E-state index is 14.3. The summed E-state index contributed by atoms with van der Waals surface area (Å²) in [5.74, 6) is 0.692. The summed E-state index contributed by atoms with van der Waals surface area (Å²) < 4.78 is 61.2. The largest absolute Gasteiger partial charge is 0.494 e. The SMILES string of the molecule is Cc1cccc(OCCCc2ccc(Nc3nc(-c4cccnc4)c(F)s3)cc2C(F)(F)F)c1. The van der Waals surface area contributed by atoms with Gasteiger partial charge in [-0.2, -0.15) is 17.6 Å². The van der Waals surface area contributed by atoms with E-state index in [-0.39, 0.29) is 28.5 Å². The Balaban J connectivity index is 1.45. The van der Waals surface area contributed by atoms with Crippen LogP contribution in [0, 0.1) is 12.1 Å². The molecule has 4 aromatic rings. The Morgan fingerprint density at radius 1 is 1.06 bits per heavy atom. The van der Waals surface area contributed by atoms with Crippen LogP contribution in [0.5, 0.6) is 5.75 Å². The van der Waals surface area contributed by atoms with E-state index in [4.69, 9.17) is 4.74 Å². The van der Waals surface area contributed by atoms with Gasteiger partial charge in [-0.1, -0.05) is 29.5 Å². The number of hydrogen-bond acceptors (Lipinski definition) is 5. The molecule has 0 aliphatic rings. The monoisotopic (exact) mass is 487 g/mol. The zero-order valence-electron chi connectivity index (χ0n) is 18.2. The molecule has 2 aromatic carbocycles. The van der Waals surface area contributed by atoms with Crippen LogP contribution < -0.4 is 10.1 Å². The number of rotatable bonds is 8. The normalized spacial score (nSPS) is 11.4. The predicted molar refractivity (Wildman–Crippen MR) is 125 cm³/mol. The molecule has 0 radical (unpaired) electrons. The Morgan fingerprint density at radius 2 is 1.91 bits per heavy atom. The van der Waals surface area contributed by atoms with Crippen molar-refractivity contribution in [2.45, 2.75) is 25.9 Å². The van der Waals surface area contributed by atoms with E-state index in [1.165, 1.54) is 18.3 Å². The number of pyridine rings is 1. The molecule has 1 N–H and O–H groups in total. The minimum Gasteiger partial charge on any atom is -0.494 e. The molecule has 0 spiro atoms. The molecule has 176 valence electrons. The number of halogens is 4. The quantitative estimate of drug-likeness (QED) is 0.207. The number of aryl methyl sites for hydroxylation is 2. The van der Waals surface area contributed by atoms with Gasteiger partial charge in [-0.15, -0.1) is 0 Å². The number of aromatic nitrogens is 2. The van der Waals surface area contributed by atoms with Crippen molar-refractivity contribution in [3.63, 3.8) is 0 Å². The Hall–Kier alpha value is -3.46. The second kappa shape index (κ2) is 10.2. The van der Waals surface area contributed by atoms with Crippen LogP contribution >= 0.6 is 11.3 Å². The van der Waals surface area contributed by atoms with Gasteiger partial charge in [-0.3, -0.25) is 4.98 Å². The van der Waals surface area contributed by atoms with Gasteiger partial charge in [0.1, 0.15) is 11.4 Å². The Bertz CT molecular complexity index is 1260. The highest BCUT2D eigenvalue weighted by Gasteiger charge is 2.33. The molecule has 2 aromatic heterocycles. The van der Waals surface area contributed by atoms with Crippen LogP contribution in [-0.4, -0.2) is 16.6 Å². The van der Waals surface area contributed by atoms with Crippen molar-refractivity contribution in [3.05, 3.63) is 88.8 Å². The van der Waals surface area contributed by atoms with Crippen LogP contribution in [0.15, 0.2) is 67.0 Å². The summed E-state index contributed by atoms with van der Waals surface area (Å²) in [5, 5.41) is 2.40. The molecule has 0 fully saturated rings. The molecule has 9 heteroatoms. The fourth-order valence-corrected chi connectivity index (χ4v) is 4.19. The lowest BCUT2D eigenvalue weighted by molar-refractivity contribution is -0.138. The van der Waals surface area contributed by atoms with Crippen molar-refractivity contribution in [1.29, 1.82) is 0 Å². The van der Waals surface area contributed by atoms with Gasteiger partial charge in [0, 0.05) is 23.6 Å². The first-order valence-electron chi connectivity index (χ1n) is 10.5. The lowest BCUT2D eigenvalue weighted by Gasteiger charge is -2.15. The fourth-order valence-electron chi connectivity index (χ4n) is 3.45. The fraction of sp³-hybridized carbons (Fsp3) is 0.200. The van der Waals surface area contributed by atoms with Crippen LogP contribution in [-0.2, 0) is 12.6 Å². The summed E-state index contributed by atoms with van der Waals surface area (Å²) in [4.78, 5) is 8.12. The lowest BCUT2D eigenvalue weighted by atomic mass is 10.0. The summed E-state index contributed by atoms with van der Waals surface area (Å²) >= 11 is 0.723. The van der Waals surface area contributed by atoms with Gasteiger partial charge in [0.25, 0.3) is 0 Å². The third-order valence-corrected chi connectivity index (χ3v) is 5.80. The summed E-state index contributed by atoms with van der Waals surface area (Å²) in [6.45, 7) is 2.24. The first kappa shape index (κ1) is 23.7. The van der Waals surface area contributed by atoms with Crippen molar-refractivity contribution in [2.24, 2.45) is 0 Å². The molecular weight excluding hydrogens is 466 g/mol. The molecule has 0 saturated heterocycles. The molecule has 0 unspecified atom stereocenters. The van der Waals surface area contributed by atoms with Gasteiger partial charge in [-0.25, -0.2) is 4.98 Å². The van der Waals surface area contributed by atoms with E-state index < -0.39 is 16.9 Å². The number of thiazole rings is 1. The minimum atomic E-state index is -4.53. The molecule has 4 rings (SSSR count). The van der Waals surface area contributed by atoms with E-state index >= 15 is 0 Å². The molecule has 4 nitrogen and oxygen atoms in total. The average molecular weight is 488 g/mol. The molecule has 2 heterocycles. The average Bonchev–Trinajstić information content (AvgIpc) is 3.17. The van der Waals surface area contributed by atoms with Crippen LogP contribution in [0.25, 0.3) is 11.3 Å². The molecule has 0 atom stereocenters. The molecule has 0 saturated carbocycles. The molecule has 0 amide bonds. The number of anilines is 2. The van der Waals surface area contributed by atoms with Crippen LogP contribution in [0.2, 0.25) is 0 Å². The van der Waals surface area contributed by atoms with Gasteiger partial charge in [0.15, 0.2) is 5.13 Å². The number of nitrogens with zero attached hydrogens (tertiary/aromatic N) is 2. The Kier molecular flexibility index (Phi) is 7.12. The number of alkyl halides is 3. The third kappa shape index (κ3) is 5.91. The molecule has 0 aliphatic carbocycles. The lowest BCUT2D eigenvalue weighted by Crippen LogP contribution is -2.11. The van der Waals surface area contributed by atoms with E-state index in [0.717, 1.165) is 23.0 Å². The molecule has 34 heavy (non-hydrogen) atoms. The van der Waals surface area contributed by atoms with Crippen molar-refractivity contribution < 1.29 is 22.3 Å². The van der Waals surface area contributed by atoms with Crippen LogP contribution in [0.1, 0.15) is 23.1 Å². The first-order chi connectivity index (χ1) is 16.3. The van der Waals surface area contributed by atoms with Crippen molar-refractivity contribution in [3.8, 4) is 17.0 Å². The van der Waals surface area contributed by atoms with Gasteiger partial charge >= 0.3 is 6.18 Å². The number of benzene rings is 2. The van der Waals surface area contributed by atoms with Crippen LogP contribution in [0.4, 0.5) is 28.4 Å². The highest BCUT2D eigenvalue weighted by atomic mass is 32.1. The first-order valence-corrected chi connectivity index (χ1v) is 11.3. The number of nitrogens with one attached hydrogen (secondary N) is 1. The maximum Gasteiger partial charge on any atom is 0.416 e. The number of hydrogen-bond donors (Lipinski definition) is 1. The molecule has 0 bridgehead atoms. The maximum absolute atomic E-state index is 14.3. The zero-order valence-corrected chi connectivity index (χ0v) is 19.0. The highest BCUT2D eigenvalue weighted by Crippen LogP contribution is 2.36. The molecule has 0 aliphatic heterocycles. The molecular formula is C25H21F4N3OS. The summed E-state index contributed by atoms with van der Waals surface area (Å²) in [6.07, 6.45) is -0.865. The zero-order chi connectivity index (χ0) is 24.1. The standard InChI is InChI=1S/C25H21F4N3OS/c1-16-5-2-8-20(13-16)33-12-4-7-17-9-10-19(14-21(17)25(27,28)29)31-24-32-22(23(26)34-24)18-6-3-11-30-15-18/h2-3,5-6,8-11,13-15H,4,7,12H2,1H3,(H,31,32). The van der Waals surface area contributed by atoms with E-state index in [1.54, 1.807) is 18.3 Å². The highest BCUT2D eigenvalue weighted by molar-refractivity contribution is 7.14. The van der Waals surface area contributed by atoms with E-state index in [9.17, 15) is 17.6 Å². The van der Waals surface area contributed by atoms with Gasteiger partial charge < -0.3 is 10.1 Å². The van der Waals surface area contributed by atoms with Crippen molar-refractivity contribution in [1.82, 2.24) is 9.97 Å².